The summed E-state index contributed by atoms with van der Waals surface area (Å²) >= 11 is 0. The molecule has 0 radical (unpaired) electrons. The van der Waals surface area contributed by atoms with E-state index in [2.05, 4.69) is 10.0 Å². The fraction of sp³-hybridized carbons (Fsp3) is 0.350. The zero-order valence-electron chi connectivity index (χ0n) is 15.8. The summed E-state index contributed by atoms with van der Waals surface area (Å²) in [7, 11) is -3.78. The first-order valence-electron chi connectivity index (χ1n) is 9.06. The van der Waals surface area contributed by atoms with Crippen LogP contribution < -0.4 is 15.8 Å². The summed E-state index contributed by atoms with van der Waals surface area (Å²) in [6.45, 7) is 2.31. The Morgan fingerprint density at radius 1 is 1.11 bits per heavy atom. The van der Waals surface area contributed by atoms with Gasteiger partial charge in [0.25, 0.3) is 15.9 Å². The molecular weight excluding hydrogens is 398 g/mol. The first-order valence-corrected chi connectivity index (χ1v) is 10.5. The highest BCUT2D eigenvalue weighted by atomic mass is 35.5. The Morgan fingerprint density at radius 2 is 1.75 bits per heavy atom. The molecule has 0 aromatic heterocycles. The highest BCUT2D eigenvalue weighted by molar-refractivity contribution is 7.92. The van der Waals surface area contributed by atoms with Crippen LogP contribution in [0, 0.1) is 6.92 Å². The van der Waals surface area contributed by atoms with E-state index in [0.717, 1.165) is 31.2 Å². The molecule has 0 spiro atoms. The third-order valence-corrected chi connectivity index (χ3v) is 6.42. The molecule has 1 fully saturated rings. The third-order valence-electron chi connectivity index (χ3n) is 5.04. The van der Waals surface area contributed by atoms with Crippen molar-refractivity contribution in [2.75, 3.05) is 11.3 Å². The van der Waals surface area contributed by atoms with Gasteiger partial charge >= 0.3 is 0 Å². The van der Waals surface area contributed by atoms with Gasteiger partial charge in [0.15, 0.2) is 0 Å². The van der Waals surface area contributed by atoms with Crippen LogP contribution in [0.1, 0.15) is 41.6 Å². The fourth-order valence-corrected chi connectivity index (χ4v) is 4.49. The molecule has 1 aliphatic carbocycles. The first kappa shape index (κ1) is 22.2. The summed E-state index contributed by atoms with van der Waals surface area (Å²) in [5, 5.41) is 3.01. The van der Waals surface area contributed by atoms with Crippen LogP contribution in [0.2, 0.25) is 0 Å². The summed E-state index contributed by atoms with van der Waals surface area (Å²) in [4.78, 5) is 12.7. The Balaban J connectivity index is 0.00000280. The number of hydrogen-bond acceptors (Lipinski definition) is 4. The smallest absolute Gasteiger partial charge is 0.261 e. The van der Waals surface area contributed by atoms with Crippen LogP contribution in [-0.2, 0) is 10.0 Å². The van der Waals surface area contributed by atoms with Crippen LogP contribution in [-0.4, -0.2) is 26.4 Å². The topological polar surface area (TPSA) is 101 Å². The first-order chi connectivity index (χ1) is 12.8. The maximum absolute atomic E-state index is 12.7. The van der Waals surface area contributed by atoms with Crippen molar-refractivity contribution in [1.82, 2.24) is 5.32 Å². The molecule has 0 heterocycles. The van der Waals surface area contributed by atoms with E-state index in [1.165, 1.54) is 12.1 Å². The Bertz CT molecular complexity index is 924. The molecule has 2 aromatic carbocycles. The second kappa shape index (κ2) is 8.94. The number of anilines is 1. The van der Waals surface area contributed by atoms with E-state index in [4.69, 9.17) is 5.73 Å². The van der Waals surface area contributed by atoms with Crippen LogP contribution in [0.5, 0.6) is 0 Å². The number of nitrogens with one attached hydrogen (secondary N) is 2. The number of hydrogen-bond donors (Lipinski definition) is 3. The molecule has 3 rings (SSSR count). The lowest BCUT2D eigenvalue weighted by molar-refractivity contribution is 0.0903. The van der Waals surface area contributed by atoms with E-state index >= 15 is 0 Å². The van der Waals surface area contributed by atoms with E-state index in [-0.39, 0.29) is 28.7 Å². The van der Waals surface area contributed by atoms with Crippen LogP contribution in [0.25, 0.3) is 0 Å². The van der Waals surface area contributed by atoms with E-state index in [1.54, 1.807) is 24.3 Å². The van der Waals surface area contributed by atoms with Gasteiger partial charge in [-0.2, -0.15) is 0 Å². The number of amides is 1. The van der Waals surface area contributed by atoms with Gasteiger partial charge in [0.1, 0.15) is 0 Å². The SMILES string of the molecule is Cc1ccc(NS(=O)(=O)c2cccc(C(=O)NC3(CN)CCCC3)c2)cc1.Cl. The van der Waals surface area contributed by atoms with Gasteiger partial charge < -0.3 is 11.1 Å². The van der Waals surface area contributed by atoms with Gasteiger partial charge in [0, 0.05) is 17.8 Å². The normalized spacial score (nSPS) is 15.5. The van der Waals surface area contributed by atoms with Gasteiger partial charge in [-0.15, -0.1) is 12.4 Å². The number of sulfonamides is 1. The lowest BCUT2D eigenvalue weighted by atomic mass is 9.97. The van der Waals surface area contributed by atoms with Crippen molar-refractivity contribution in [2.45, 2.75) is 43.0 Å². The van der Waals surface area contributed by atoms with Crippen molar-refractivity contribution < 1.29 is 13.2 Å². The molecular formula is C20H26ClN3O3S. The van der Waals surface area contributed by atoms with Crippen LogP contribution in [0.3, 0.4) is 0 Å². The van der Waals surface area contributed by atoms with Crippen molar-refractivity contribution in [1.29, 1.82) is 0 Å². The zero-order valence-corrected chi connectivity index (χ0v) is 17.4. The molecule has 0 bridgehead atoms. The standard InChI is InChI=1S/C20H25N3O3S.ClH/c1-15-7-9-17(10-8-15)23-27(25,26)18-6-4-5-16(13-18)19(24)22-20(14-21)11-2-3-12-20;/h4-10,13,23H,2-3,11-12,14,21H2,1H3,(H,22,24);1H. The molecule has 1 aliphatic rings. The van der Waals surface area contributed by atoms with Crippen molar-refractivity contribution in [3.63, 3.8) is 0 Å². The number of aryl methyl sites for hydroxylation is 1. The number of carbonyl (C=O) groups excluding carboxylic acids is 1. The predicted octanol–water partition coefficient (Wildman–Crippen LogP) is 3.22. The average Bonchev–Trinajstić information content (AvgIpc) is 3.12. The van der Waals surface area contributed by atoms with Crippen LogP contribution in [0.4, 0.5) is 5.69 Å². The minimum Gasteiger partial charge on any atom is -0.345 e. The maximum Gasteiger partial charge on any atom is 0.261 e. The number of halogens is 1. The molecule has 0 atom stereocenters. The lowest BCUT2D eigenvalue weighted by Crippen LogP contribution is -2.51. The van der Waals surface area contributed by atoms with Gasteiger partial charge in [0.2, 0.25) is 0 Å². The monoisotopic (exact) mass is 423 g/mol. The summed E-state index contributed by atoms with van der Waals surface area (Å²) in [5.74, 6) is -0.297. The van der Waals surface area contributed by atoms with Crippen LogP contribution >= 0.6 is 12.4 Å². The molecule has 0 unspecified atom stereocenters. The van der Waals surface area contributed by atoms with Gasteiger partial charge in [0.05, 0.1) is 10.4 Å². The summed E-state index contributed by atoms with van der Waals surface area (Å²) in [5.41, 5.74) is 7.31. The number of benzene rings is 2. The molecule has 1 saturated carbocycles. The van der Waals surface area contributed by atoms with Crippen molar-refractivity contribution in [3.05, 3.63) is 59.7 Å². The molecule has 6 nitrogen and oxygen atoms in total. The Kier molecular flexibility index (Phi) is 7.09. The summed E-state index contributed by atoms with van der Waals surface area (Å²) in [6.07, 6.45) is 3.77. The molecule has 28 heavy (non-hydrogen) atoms. The summed E-state index contributed by atoms with van der Waals surface area (Å²) in [6, 6.07) is 13.1. The van der Waals surface area contributed by atoms with E-state index < -0.39 is 10.0 Å². The Labute approximate surface area is 172 Å². The van der Waals surface area contributed by atoms with E-state index in [0.29, 0.717) is 17.8 Å². The highest BCUT2D eigenvalue weighted by Gasteiger charge is 2.34. The lowest BCUT2D eigenvalue weighted by Gasteiger charge is -2.28. The highest BCUT2D eigenvalue weighted by Crippen LogP contribution is 2.29. The molecule has 1 amide bonds. The quantitative estimate of drug-likeness (QED) is 0.663. The minimum atomic E-state index is -3.78. The van der Waals surface area contributed by atoms with Crippen molar-refractivity contribution in [2.24, 2.45) is 5.73 Å². The summed E-state index contributed by atoms with van der Waals surface area (Å²) < 4.78 is 27.9. The fourth-order valence-electron chi connectivity index (χ4n) is 3.39. The van der Waals surface area contributed by atoms with E-state index in [1.807, 2.05) is 19.1 Å². The second-order valence-corrected chi connectivity index (χ2v) is 8.83. The molecule has 152 valence electrons. The van der Waals surface area contributed by atoms with Gasteiger partial charge in [-0.05, 0) is 50.1 Å². The van der Waals surface area contributed by atoms with Gasteiger partial charge in [-0.3, -0.25) is 9.52 Å². The van der Waals surface area contributed by atoms with Gasteiger partial charge in [-0.1, -0.05) is 36.6 Å². The van der Waals surface area contributed by atoms with E-state index in [9.17, 15) is 13.2 Å². The van der Waals surface area contributed by atoms with Crippen LogP contribution in [0.15, 0.2) is 53.4 Å². The Hall–Kier alpha value is -2.09. The minimum absolute atomic E-state index is 0. The zero-order chi connectivity index (χ0) is 19.5. The predicted molar refractivity (Wildman–Crippen MR) is 113 cm³/mol. The maximum atomic E-state index is 12.7. The molecule has 0 saturated heterocycles. The number of rotatable bonds is 6. The number of carbonyl (C=O) groups is 1. The third kappa shape index (κ3) is 5.04. The molecule has 0 aliphatic heterocycles. The average molecular weight is 424 g/mol. The molecule has 8 heteroatoms. The molecule has 2 aromatic rings. The largest absolute Gasteiger partial charge is 0.345 e. The molecule has 4 N–H and O–H groups in total. The number of nitrogens with two attached hydrogens (primary N) is 1. The van der Waals surface area contributed by atoms with Crippen molar-refractivity contribution in [3.8, 4) is 0 Å². The van der Waals surface area contributed by atoms with Crippen molar-refractivity contribution >= 4 is 34.0 Å². The Morgan fingerprint density at radius 3 is 2.36 bits per heavy atom. The van der Waals surface area contributed by atoms with Gasteiger partial charge in [-0.25, -0.2) is 8.42 Å². The second-order valence-electron chi connectivity index (χ2n) is 7.15.